The van der Waals surface area contributed by atoms with E-state index in [-0.39, 0.29) is 11.6 Å². The molecule has 0 spiro atoms. The van der Waals surface area contributed by atoms with Crippen molar-refractivity contribution < 1.29 is 14.7 Å². The number of amides is 1. The lowest BCUT2D eigenvalue weighted by molar-refractivity contribution is -0.122. The lowest BCUT2D eigenvalue weighted by Gasteiger charge is -2.35. The highest BCUT2D eigenvalue weighted by atomic mass is 16.4. The summed E-state index contributed by atoms with van der Waals surface area (Å²) >= 11 is 0. The molecule has 1 aromatic heterocycles. The first kappa shape index (κ1) is 14.5. The summed E-state index contributed by atoms with van der Waals surface area (Å²) in [5, 5.41) is 11.5. The highest BCUT2D eigenvalue weighted by Crippen LogP contribution is 2.31. The number of nitrogens with two attached hydrogens (primary N) is 1. The van der Waals surface area contributed by atoms with Gasteiger partial charge in [0.25, 0.3) is 0 Å². The second-order valence-electron chi connectivity index (χ2n) is 5.55. The Morgan fingerprint density at radius 1 is 1.50 bits per heavy atom. The van der Waals surface area contributed by atoms with Gasteiger partial charge in [-0.05, 0) is 30.9 Å². The Labute approximate surface area is 117 Å². The highest BCUT2D eigenvalue weighted by Gasteiger charge is 2.37. The van der Waals surface area contributed by atoms with E-state index in [2.05, 4.69) is 17.2 Å². The Balaban J connectivity index is 2.05. The van der Waals surface area contributed by atoms with Crippen LogP contribution in [-0.2, 0) is 4.79 Å². The SMILES string of the molecule is CC1CCCC(N)(C(=O)Nc2ccc(C(=O)O)nc2)C1. The van der Waals surface area contributed by atoms with Crippen LogP contribution in [0.2, 0.25) is 0 Å². The van der Waals surface area contributed by atoms with E-state index in [9.17, 15) is 9.59 Å². The van der Waals surface area contributed by atoms with Crippen LogP contribution >= 0.6 is 0 Å². The van der Waals surface area contributed by atoms with Gasteiger partial charge in [0.05, 0.1) is 17.4 Å². The van der Waals surface area contributed by atoms with E-state index in [1.807, 2.05) is 0 Å². The van der Waals surface area contributed by atoms with Crippen molar-refractivity contribution >= 4 is 17.6 Å². The number of carbonyl (C=O) groups excluding carboxylic acids is 1. The summed E-state index contributed by atoms with van der Waals surface area (Å²) < 4.78 is 0. The molecule has 0 saturated heterocycles. The fourth-order valence-corrected chi connectivity index (χ4v) is 2.65. The van der Waals surface area contributed by atoms with Gasteiger partial charge in [0.15, 0.2) is 0 Å². The second kappa shape index (κ2) is 5.58. The Morgan fingerprint density at radius 2 is 2.25 bits per heavy atom. The lowest BCUT2D eigenvalue weighted by atomic mass is 9.76. The first-order valence-corrected chi connectivity index (χ1v) is 6.70. The van der Waals surface area contributed by atoms with E-state index in [4.69, 9.17) is 10.8 Å². The largest absolute Gasteiger partial charge is 0.477 e. The predicted molar refractivity (Wildman–Crippen MR) is 74.4 cm³/mol. The molecule has 1 saturated carbocycles. The first-order valence-electron chi connectivity index (χ1n) is 6.70. The number of nitrogens with zero attached hydrogens (tertiary/aromatic N) is 1. The third-order valence-electron chi connectivity index (χ3n) is 3.73. The van der Waals surface area contributed by atoms with Gasteiger partial charge in [-0.2, -0.15) is 0 Å². The second-order valence-corrected chi connectivity index (χ2v) is 5.55. The number of carboxylic acids is 1. The number of carbonyl (C=O) groups is 2. The normalized spacial score (nSPS) is 26.0. The maximum atomic E-state index is 12.3. The minimum Gasteiger partial charge on any atom is -0.477 e. The number of aromatic nitrogens is 1. The fourth-order valence-electron chi connectivity index (χ4n) is 2.65. The molecule has 1 fully saturated rings. The van der Waals surface area contributed by atoms with Gasteiger partial charge in [0.2, 0.25) is 5.91 Å². The predicted octanol–water partition coefficient (Wildman–Crippen LogP) is 1.63. The molecule has 20 heavy (non-hydrogen) atoms. The number of pyridine rings is 1. The minimum atomic E-state index is -1.10. The first-order chi connectivity index (χ1) is 9.40. The molecule has 0 aliphatic heterocycles. The van der Waals surface area contributed by atoms with Crippen LogP contribution in [0, 0.1) is 5.92 Å². The summed E-state index contributed by atoms with van der Waals surface area (Å²) in [5.74, 6) is -0.889. The van der Waals surface area contributed by atoms with E-state index < -0.39 is 11.5 Å². The molecule has 2 unspecified atom stereocenters. The average molecular weight is 277 g/mol. The summed E-state index contributed by atoms with van der Waals surface area (Å²) in [4.78, 5) is 26.7. The van der Waals surface area contributed by atoms with Crippen LogP contribution in [0.15, 0.2) is 18.3 Å². The van der Waals surface area contributed by atoms with Crippen LogP contribution in [0.4, 0.5) is 5.69 Å². The molecule has 1 amide bonds. The zero-order valence-electron chi connectivity index (χ0n) is 11.4. The standard InChI is InChI=1S/C14H19N3O3/c1-9-3-2-6-14(15,7-9)13(20)17-10-4-5-11(12(18)19)16-8-10/h4-5,8-9H,2-3,6-7,15H2,1H3,(H,17,20)(H,18,19). The van der Waals surface area contributed by atoms with Crippen molar-refractivity contribution in [2.24, 2.45) is 11.7 Å². The molecule has 1 aliphatic rings. The van der Waals surface area contributed by atoms with Crippen LogP contribution in [0.1, 0.15) is 43.1 Å². The average Bonchev–Trinajstić information content (AvgIpc) is 2.39. The van der Waals surface area contributed by atoms with Gasteiger partial charge < -0.3 is 16.2 Å². The molecule has 1 aromatic rings. The van der Waals surface area contributed by atoms with Gasteiger partial charge in [-0.25, -0.2) is 9.78 Å². The van der Waals surface area contributed by atoms with Gasteiger partial charge in [-0.15, -0.1) is 0 Å². The van der Waals surface area contributed by atoms with E-state index >= 15 is 0 Å². The number of hydrogen-bond acceptors (Lipinski definition) is 4. The molecule has 1 heterocycles. The summed E-state index contributed by atoms with van der Waals surface area (Å²) in [6.07, 6.45) is 4.71. The van der Waals surface area contributed by atoms with Crippen molar-refractivity contribution in [2.75, 3.05) is 5.32 Å². The smallest absolute Gasteiger partial charge is 0.354 e. The van der Waals surface area contributed by atoms with Crippen molar-refractivity contribution in [1.29, 1.82) is 0 Å². The lowest BCUT2D eigenvalue weighted by Crippen LogP contribution is -2.53. The molecule has 108 valence electrons. The van der Waals surface area contributed by atoms with E-state index in [0.29, 0.717) is 24.4 Å². The monoisotopic (exact) mass is 277 g/mol. The van der Waals surface area contributed by atoms with E-state index in [1.54, 1.807) is 0 Å². The minimum absolute atomic E-state index is 0.0586. The number of rotatable bonds is 3. The highest BCUT2D eigenvalue weighted by molar-refractivity contribution is 5.98. The zero-order chi connectivity index (χ0) is 14.8. The Bertz CT molecular complexity index is 515. The number of carboxylic acid groups (broad SMARTS) is 1. The van der Waals surface area contributed by atoms with Crippen molar-refractivity contribution in [3.05, 3.63) is 24.0 Å². The Morgan fingerprint density at radius 3 is 2.80 bits per heavy atom. The molecule has 2 atom stereocenters. The molecule has 0 radical (unpaired) electrons. The third-order valence-corrected chi connectivity index (χ3v) is 3.73. The maximum Gasteiger partial charge on any atom is 0.354 e. The molecular weight excluding hydrogens is 258 g/mol. The molecule has 6 nitrogen and oxygen atoms in total. The van der Waals surface area contributed by atoms with Crippen LogP contribution in [-0.4, -0.2) is 27.5 Å². The zero-order valence-corrected chi connectivity index (χ0v) is 11.4. The molecule has 1 aliphatic carbocycles. The van der Waals surface area contributed by atoms with Crippen molar-refractivity contribution in [3.8, 4) is 0 Å². The number of anilines is 1. The van der Waals surface area contributed by atoms with E-state index in [1.165, 1.54) is 18.3 Å². The van der Waals surface area contributed by atoms with Crippen molar-refractivity contribution in [1.82, 2.24) is 4.98 Å². The molecule has 4 N–H and O–H groups in total. The summed E-state index contributed by atoms with van der Waals surface area (Å²) in [6, 6.07) is 2.87. The van der Waals surface area contributed by atoms with Crippen LogP contribution in [0.5, 0.6) is 0 Å². The molecular formula is C14H19N3O3. The topological polar surface area (TPSA) is 105 Å². The molecule has 0 aromatic carbocycles. The number of nitrogens with one attached hydrogen (secondary N) is 1. The number of aromatic carboxylic acids is 1. The van der Waals surface area contributed by atoms with Crippen molar-refractivity contribution in [3.63, 3.8) is 0 Å². The third kappa shape index (κ3) is 3.14. The summed E-state index contributed by atoms with van der Waals surface area (Å²) in [7, 11) is 0. The molecule has 6 heteroatoms. The van der Waals surface area contributed by atoms with Crippen LogP contribution in [0.25, 0.3) is 0 Å². The van der Waals surface area contributed by atoms with Gasteiger partial charge in [0.1, 0.15) is 5.69 Å². The van der Waals surface area contributed by atoms with Gasteiger partial charge >= 0.3 is 5.97 Å². The van der Waals surface area contributed by atoms with Gasteiger partial charge in [-0.3, -0.25) is 4.79 Å². The van der Waals surface area contributed by atoms with E-state index in [0.717, 1.165) is 12.8 Å². The van der Waals surface area contributed by atoms with Crippen LogP contribution in [0.3, 0.4) is 0 Å². The molecule has 0 bridgehead atoms. The fraction of sp³-hybridized carbons (Fsp3) is 0.500. The number of hydrogen-bond donors (Lipinski definition) is 3. The Kier molecular flexibility index (Phi) is 4.04. The van der Waals surface area contributed by atoms with Crippen LogP contribution < -0.4 is 11.1 Å². The summed E-state index contributed by atoms with van der Waals surface area (Å²) in [5.41, 5.74) is 5.75. The van der Waals surface area contributed by atoms with Gasteiger partial charge in [-0.1, -0.05) is 19.8 Å². The van der Waals surface area contributed by atoms with Gasteiger partial charge in [0, 0.05) is 0 Å². The van der Waals surface area contributed by atoms with Crippen molar-refractivity contribution in [2.45, 2.75) is 38.1 Å². The summed E-state index contributed by atoms with van der Waals surface area (Å²) in [6.45, 7) is 2.09. The maximum absolute atomic E-state index is 12.3. The Hall–Kier alpha value is -1.95. The quantitative estimate of drug-likeness (QED) is 0.778. The molecule has 2 rings (SSSR count).